The number of rotatable bonds is 10. The van der Waals surface area contributed by atoms with Crippen molar-refractivity contribution in [2.75, 3.05) is 13.2 Å². The SMILES string of the molecule is CCCNC(CCC)COP(c1ccccc1)c1ccccc1. The van der Waals surface area contributed by atoms with E-state index in [-0.39, 0.29) is 0 Å². The first-order valence-electron chi connectivity index (χ1n) is 8.61. The molecule has 0 aliphatic carbocycles. The molecule has 0 spiro atoms. The Hall–Kier alpha value is -1.21. The van der Waals surface area contributed by atoms with Crippen molar-refractivity contribution in [3.05, 3.63) is 60.7 Å². The summed E-state index contributed by atoms with van der Waals surface area (Å²) in [6, 6.07) is 21.6. The van der Waals surface area contributed by atoms with Gasteiger partial charge >= 0.3 is 0 Å². The molecule has 1 N–H and O–H groups in total. The molecule has 0 bridgehead atoms. The van der Waals surface area contributed by atoms with E-state index in [0.717, 1.165) is 26.0 Å². The molecule has 0 radical (unpaired) electrons. The lowest BCUT2D eigenvalue weighted by Crippen LogP contribution is -2.34. The minimum absolute atomic E-state index is 0.442. The summed E-state index contributed by atoms with van der Waals surface area (Å²) >= 11 is 0. The van der Waals surface area contributed by atoms with Gasteiger partial charge in [0.1, 0.15) is 0 Å². The summed E-state index contributed by atoms with van der Waals surface area (Å²) in [4.78, 5) is 0. The molecule has 0 aliphatic heterocycles. The largest absolute Gasteiger partial charge is 0.348 e. The van der Waals surface area contributed by atoms with Crippen LogP contribution in [0.2, 0.25) is 0 Å². The third-order valence-corrected chi connectivity index (χ3v) is 5.65. The summed E-state index contributed by atoms with van der Waals surface area (Å²) in [5.74, 6) is 0. The Morgan fingerprint density at radius 3 is 1.91 bits per heavy atom. The Bertz CT molecular complexity index is 492. The Balaban J connectivity index is 2.08. The van der Waals surface area contributed by atoms with Crippen LogP contribution in [0.3, 0.4) is 0 Å². The van der Waals surface area contributed by atoms with Gasteiger partial charge in [0, 0.05) is 16.7 Å². The standard InChI is InChI=1S/C20H28NOP/c1-3-11-18(21-16-4-2)17-22-23(19-12-7-5-8-13-19)20-14-9-6-10-15-20/h5-10,12-15,18,21H,3-4,11,16-17H2,1-2H3. The maximum Gasteiger partial charge on any atom is 0.0918 e. The number of benzene rings is 2. The predicted octanol–water partition coefficient (Wildman–Crippen LogP) is 4.22. The molecule has 2 aromatic rings. The highest BCUT2D eigenvalue weighted by atomic mass is 31.1. The van der Waals surface area contributed by atoms with Crippen LogP contribution in [0.1, 0.15) is 33.1 Å². The minimum atomic E-state index is -0.749. The molecule has 0 amide bonds. The molecule has 2 aromatic carbocycles. The monoisotopic (exact) mass is 329 g/mol. The average molecular weight is 329 g/mol. The van der Waals surface area contributed by atoms with Crippen LogP contribution in [0, 0.1) is 0 Å². The van der Waals surface area contributed by atoms with Crippen LogP contribution in [0.25, 0.3) is 0 Å². The van der Waals surface area contributed by atoms with Gasteiger partial charge in [-0.1, -0.05) is 80.9 Å². The van der Waals surface area contributed by atoms with E-state index in [1.807, 2.05) is 0 Å². The first-order chi connectivity index (χ1) is 11.3. The molecule has 0 aromatic heterocycles. The van der Waals surface area contributed by atoms with Crippen molar-refractivity contribution in [2.45, 2.75) is 39.2 Å². The van der Waals surface area contributed by atoms with Crippen molar-refractivity contribution in [1.82, 2.24) is 5.32 Å². The van der Waals surface area contributed by atoms with Gasteiger partial charge in [-0.15, -0.1) is 0 Å². The molecule has 0 fully saturated rings. The molecule has 1 atom stereocenters. The second kappa shape index (κ2) is 10.5. The molecule has 2 nitrogen and oxygen atoms in total. The van der Waals surface area contributed by atoms with Crippen LogP contribution in [0.5, 0.6) is 0 Å². The summed E-state index contributed by atoms with van der Waals surface area (Å²) in [6.07, 6.45) is 3.50. The van der Waals surface area contributed by atoms with Crippen molar-refractivity contribution in [3.63, 3.8) is 0 Å². The molecule has 0 saturated heterocycles. The lowest BCUT2D eigenvalue weighted by Gasteiger charge is -2.23. The van der Waals surface area contributed by atoms with Gasteiger partial charge in [0.25, 0.3) is 0 Å². The van der Waals surface area contributed by atoms with Gasteiger partial charge in [-0.3, -0.25) is 0 Å². The molecule has 2 rings (SSSR count). The molecular formula is C20H28NOP. The normalized spacial score (nSPS) is 12.5. The topological polar surface area (TPSA) is 21.3 Å². The predicted molar refractivity (Wildman–Crippen MR) is 102 cm³/mol. The Kier molecular flexibility index (Phi) is 8.31. The summed E-state index contributed by atoms with van der Waals surface area (Å²) in [6.45, 7) is 6.27. The van der Waals surface area contributed by atoms with E-state index in [1.165, 1.54) is 17.0 Å². The van der Waals surface area contributed by atoms with E-state index in [9.17, 15) is 0 Å². The highest BCUT2D eigenvalue weighted by Crippen LogP contribution is 2.35. The second-order valence-electron chi connectivity index (χ2n) is 5.70. The molecule has 3 heteroatoms. The first-order valence-corrected chi connectivity index (χ1v) is 9.87. The molecule has 0 saturated carbocycles. The number of hydrogen-bond donors (Lipinski definition) is 1. The maximum absolute atomic E-state index is 6.43. The first kappa shape index (κ1) is 18.1. The number of hydrogen-bond acceptors (Lipinski definition) is 2. The van der Waals surface area contributed by atoms with Crippen molar-refractivity contribution in [2.24, 2.45) is 0 Å². The molecule has 1 unspecified atom stereocenters. The van der Waals surface area contributed by atoms with Gasteiger partial charge in [-0.25, -0.2) is 0 Å². The van der Waals surface area contributed by atoms with Crippen molar-refractivity contribution in [3.8, 4) is 0 Å². The Labute approximate surface area is 142 Å². The van der Waals surface area contributed by atoms with E-state index >= 15 is 0 Å². The third-order valence-electron chi connectivity index (χ3n) is 3.71. The van der Waals surface area contributed by atoms with Gasteiger partial charge in [-0.2, -0.15) is 0 Å². The van der Waals surface area contributed by atoms with Crippen molar-refractivity contribution in [1.29, 1.82) is 0 Å². The fraction of sp³-hybridized carbons (Fsp3) is 0.400. The average Bonchev–Trinajstić information content (AvgIpc) is 2.61. The van der Waals surface area contributed by atoms with Crippen LogP contribution in [0.15, 0.2) is 60.7 Å². The fourth-order valence-corrected chi connectivity index (χ4v) is 4.34. The van der Waals surface area contributed by atoms with Crippen molar-refractivity contribution < 1.29 is 4.52 Å². The van der Waals surface area contributed by atoms with E-state index in [1.54, 1.807) is 0 Å². The van der Waals surface area contributed by atoms with E-state index in [0.29, 0.717) is 6.04 Å². The highest BCUT2D eigenvalue weighted by Gasteiger charge is 2.17. The zero-order chi connectivity index (χ0) is 16.3. The lowest BCUT2D eigenvalue weighted by molar-refractivity contribution is 0.283. The molecule has 23 heavy (non-hydrogen) atoms. The summed E-state index contributed by atoms with van der Waals surface area (Å²) < 4.78 is 6.43. The summed E-state index contributed by atoms with van der Waals surface area (Å²) in [5, 5.41) is 6.17. The Morgan fingerprint density at radius 2 is 1.43 bits per heavy atom. The lowest BCUT2D eigenvalue weighted by atomic mass is 10.2. The zero-order valence-corrected chi connectivity index (χ0v) is 15.1. The van der Waals surface area contributed by atoms with E-state index in [4.69, 9.17) is 4.52 Å². The van der Waals surface area contributed by atoms with Crippen LogP contribution in [0.4, 0.5) is 0 Å². The van der Waals surface area contributed by atoms with Crippen LogP contribution < -0.4 is 15.9 Å². The zero-order valence-electron chi connectivity index (χ0n) is 14.2. The molecule has 124 valence electrons. The molecule has 0 heterocycles. The van der Waals surface area contributed by atoms with E-state index in [2.05, 4.69) is 79.8 Å². The fourth-order valence-electron chi connectivity index (χ4n) is 2.53. The number of nitrogens with one attached hydrogen (secondary N) is 1. The smallest absolute Gasteiger partial charge is 0.0918 e. The third kappa shape index (κ3) is 6.06. The van der Waals surface area contributed by atoms with Gasteiger partial charge < -0.3 is 9.84 Å². The molecular weight excluding hydrogens is 301 g/mol. The van der Waals surface area contributed by atoms with Crippen molar-refractivity contribution >= 4 is 18.8 Å². The van der Waals surface area contributed by atoms with Gasteiger partial charge in [-0.05, 0) is 19.4 Å². The highest BCUT2D eigenvalue weighted by molar-refractivity contribution is 7.68. The molecule has 0 aliphatic rings. The summed E-state index contributed by atoms with van der Waals surface area (Å²) in [5.41, 5.74) is 0. The van der Waals surface area contributed by atoms with E-state index < -0.39 is 8.15 Å². The van der Waals surface area contributed by atoms with Crippen LogP contribution >= 0.6 is 8.15 Å². The van der Waals surface area contributed by atoms with Gasteiger partial charge in [0.15, 0.2) is 0 Å². The quantitative estimate of drug-likeness (QED) is 0.659. The van der Waals surface area contributed by atoms with Crippen LogP contribution in [-0.4, -0.2) is 19.2 Å². The minimum Gasteiger partial charge on any atom is -0.348 e. The van der Waals surface area contributed by atoms with Gasteiger partial charge in [0.2, 0.25) is 0 Å². The van der Waals surface area contributed by atoms with Gasteiger partial charge in [0.05, 0.1) is 14.8 Å². The Morgan fingerprint density at radius 1 is 0.870 bits per heavy atom. The summed E-state index contributed by atoms with van der Waals surface area (Å²) in [7, 11) is -0.749. The second-order valence-corrected chi connectivity index (χ2v) is 7.58. The maximum atomic E-state index is 6.43. The van der Waals surface area contributed by atoms with Crippen LogP contribution in [-0.2, 0) is 4.52 Å².